The highest BCUT2D eigenvalue weighted by Crippen LogP contribution is 2.30. The van der Waals surface area contributed by atoms with Crippen molar-refractivity contribution < 1.29 is 14.7 Å². The molecule has 2 unspecified atom stereocenters. The van der Waals surface area contributed by atoms with Crippen LogP contribution in [-0.2, 0) is 9.59 Å². The van der Waals surface area contributed by atoms with Crippen molar-refractivity contribution in [3.8, 4) is 0 Å². The second-order valence-corrected chi connectivity index (χ2v) is 3.36. The molecule has 2 rings (SSSR count). The van der Waals surface area contributed by atoms with Gasteiger partial charge >= 0.3 is 5.97 Å². The maximum atomic E-state index is 11.1. The maximum Gasteiger partial charge on any atom is 0.310 e. The minimum atomic E-state index is -0.859. The van der Waals surface area contributed by atoms with Crippen LogP contribution in [0.3, 0.4) is 0 Å². The standard InChI is InChI=1S/C8H10N2O3/c9-6-5-3-4(8(12)13)1-2-10(5)7(6)11/h1-2,4-6H,3,9H2,(H,12,13)/t4?,5-,6?/m1/s1. The second-order valence-electron chi connectivity index (χ2n) is 3.36. The van der Waals surface area contributed by atoms with Gasteiger partial charge in [0.15, 0.2) is 0 Å². The summed E-state index contributed by atoms with van der Waals surface area (Å²) in [6, 6.07) is -0.620. The minimum absolute atomic E-state index is 0.112. The van der Waals surface area contributed by atoms with Gasteiger partial charge in [-0.2, -0.15) is 0 Å². The molecule has 0 aliphatic carbocycles. The second kappa shape index (κ2) is 2.56. The molecular weight excluding hydrogens is 172 g/mol. The number of carboxylic acids is 1. The molecule has 0 aromatic carbocycles. The van der Waals surface area contributed by atoms with Crippen LogP contribution in [0.15, 0.2) is 12.3 Å². The molecule has 0 aromatic rings. The summed E-state index contributed by atoms with van der Waals surface area (Å²) in [6.07, 6.45) is 3.49. The van der Waals surface area contributed by atoms with Gasteiger partial charge in [-0.25, -0.2) is 0 Å². The van der Waals surface area contributed by atoms with Crippen molar-refractivity contribution in [2.24, 2.45) is 11.7 Å². The number of carboxylic acid groups (broad SMARTS) is 1. The lowest BCUT2D eigenvalue weighted by atomic mass is 9.84. The normalized spacial score (nSPS) is 36.8. The van der Waals surface area contributed by atoms with E-state index in [4.69, 9.17) is 10.8 Å². The van der Waals surface area contributed by atoms with Crippen molar-refractivity contribution in [2.75, 3.05) is 0 Å². The van der Waals surface area contributed by atoms with E-state index in [-0.39, 0.29) is 11.9 Å². The van der Waals surface area contributed by atoms with Crippen LogP contribution in [0, 0.1) is 5.92 Å². The monoisotopic (exact) mass is 182 g/mol. The van der Waals surface area contributed by atoms with Gasteiger partial charge in [0.1, 0.15) is 6.04 Å². The summed E-state index contributed by atoms with van der Waals surface area (Å²) in [5, 5.41) is 8.72. The number of aliphatic carboxylic acids is 1. The lowest BCUT2D eigenvalue weighted by Crippen LogP contribution is -2.67. The Hall–Kier alpha value is -1.36. The summed E-state index contributed by atoms with van der Waals surface area (Å²) < 4.78 is 0. The number of hydrogen-bond acceptors (Lipinski definition) is 3. The molecule has 2 aliphatic heterocycles. The first kappa shape index (κ1) is 8.25. The molecule has 3 N–H and O–H groups in total. The van der Waals surface area contributed by atoms with Crippen molar-refractivity contribution >= 4 is 11.9 Å². The number of β-lactam (4-membered cyclic amide) rings is 1. The molecule has 70 valence electrons. The molecule has 0 spiro atoms. The van der Waals surface area contributed by atoms with Crippen LogP contribution in [0.1, 0.15) is 6.42 Å². The van der Waals surface area contributed by atoms with Crippen LogP contribution in [0.5, 0.6) is 0 Å². The van der Waals surface area contributed by atoms with Crippen molar-refractivity contribution in [1.29, 1.82) is 0 Å². The average Bonchev–Trinajstić information content (AvgIpc) is 2.15. The fourth-order valence-electron chi connectivity index (χ4n) is 1.75. The van der Waals surface area contributed by atoms with Gasteiger partial charge in [-0.1, -0.05) is 6.08 Å². The zero-order valence-electron chi connectivity index (χ0n) is 6.88. The lowest BCUT2D eigenvalue weighted by molar-refractivity contribution is -0.150. The Bertz CT molecular complexity index is 300. The smallest absolute Gasteiger partial charge is 0.310 e. The van der Waals surface area contributed by atoms with Gasteiger partial charge in [-0.3, -0.25) is 9.59 Å². The Kier molecular flexibility index (Phi) is 1.63. The van der Waals surface area contributed by atoms with Gasteiger partial charge in [0, 0.05) is 6.20 Å². The van der Waals surface area contributed by atoms with Gasteiger partial charge in [0.2, 0.25) is 5.91 Å². The number of nitrogens with two attached hydrogens (primary N) is 1. The molecule has 1 saturated heterocycles. The van der Waals surface area contributed by atoms with E-state index in [9.17, 15) is 9.59 Å². The van der Waals surface area contributed by atoms with E-state index in [1.165, 1.54) is 17.2 Å². The van der Waals surface area contributed by atoms with Gasteiger partial charge in [-0.15, -0.1) is 0 Å². The molecule has 0 aromatic heterocycles. The molecule has 2 aliphatic rings. The zero-order chi connectivity index (χ0) is 9.59. The first-order valence-electron chi connectivity index (χ1n) is 4.10. The summed E-state index contributed by atoms with van der Waals surface area (Å²) in [7, 11) is 0. The minimum Gasteiger partial charge on any atom is -0.481 e. The Balaban J connectivity index is 2.14. The Labute approximate surface area is 74.8 Å². The lowest BCUT2D eigenvalue weighted by Gasteiger charge is -2.46. The third-order valence-corrected chi connectivity index (χ3v) is 2.60. The summed E-state index contributed by atoms with van der Waals surface area (Å²) in [6.45, 7) is 0. The number of hydrogen-bond donors (Lipinski definition) is 2. The van der Waals surface area contributed by atoms with E-state index in [1.807, 2.05) is 0 Å². The van der Waals surface area contributed by atoms with Crippen molar-refractivity contribution in [3.63, 3.8) is 0 Å². The number of carbonyl (C=O) groups excluding carboxylic acids is 1. The van der Waals surface area contributed by atoms with Gasteiger partial charge in [0.05, 0.1) is 12.0 Å². The summed E-state index contributed by atoms with van der Waals surface area (Å²) in [5.74, 6) is -1.48. The molecule has 0 bridgehead atoms. The number of rotatable bonds is 1. The van der Waals surface area contributed by atoms with E-state index in [1.54, 1.807) is 0 Å². The molecule has 1 fully saturated rings. The first-order valence-corrected chi connectivity index (χ1v) is 4.10. The first-order chi connectivity index (χ1) is 6.11. The van der Waals surface area contributed by atoms with E-state index < -0.39 is 17.9 Å². The highest BCUT2D eigenvalue weighted by atomic mass is 16.4. The van der Waals surface area contributed by atoms with E-state index in [2.05, 4.69) is 0 Å². The average molecular weight is 182 g/mol. The van der Waals surface area contributed by atoms with Gasteiger partial charge in [0.25, 0.3) is 0 Å². The highest BCUT2D eigenvalue weighted by molar-refractivity contribution is 5.91. The number of amides is 1. The molecule has 0 radical (unpaired) electrons. The van der Waals surface area contributed by atoms with Crippen LogP contribution in [0.25, 0.3) is 0 Å². The quantitative estimate of drug-likeness (QED) is 0.517. The Morgan fingerprint density at radius 3 is 3.00 bits per heavy atom. The van der Waals surface area contributed by atoms with Crippen LogP contribution >= 0.6 is 0 Å². The summed E-state index contributed by atoms with van der Waals surface area (Å²) >= 11 is 0. The molecule has 1 amide bonds. The predicted molar refractivity (Wildman–Crippen MR) is 43.5 cm³/mol. The largest absolute Gasteiger partial charge is 0.481 e. The van der Waals surface area contributed by atoms with E-state index in [0.29, 0.717) is 6.42 Å². The van der Waals surface area contributed by atoms with Gasteiger partial charge < -0.3 is 15.7 Å². The van der Waals surface area contributed by atoms with Crippen LogP contribution in [0.4, 0.5) is 0 Å². The van der Waals surface area contributed by atoms with Crippen molar-refractivity contribution in [1.82, 2.24) is 4.90 Å². The molecule has 5 heteroatoms. The van der Waals surface area contributed by atoms with Crippen LogP contribution in [-0.4, -0.2) is 34.0 Å². The van der Waals surface area contributed by atoms with Crippen LogP contribution in [0.2, 0.25) is 0 Å². The third-order valence-electron chi connectivity index (χ3n) is 2.60. The Morgan fingerprint density at radius 1 is 1.69 bits per heavy atom. The SMILES string of the molecule is NC1C(=O)N2C=CC(C(=O)O)C[C@H]12. The fourth-order valence-corrected chi connectivity index (χ4v) is 1.75. The topological polar surface area (TPSA) is 83.6 Å². The third kappa shape index (κ3) is 1.04. The van der Waals surface area contributed by atoms with E-state index >= 15 is 0 Å². The van der Waals surface area contributed by atoms with Crippen molar-refractivity contribution in [2.45, 2.75) is 18.5 Å². The Morgan fingerprint density at radius 2 is 2.38 bits per heavy atom. The molecule has 0 saturated carbocycles. The molecule has 2 heterocycles. The van der Waals surface area contributed by atoms with Crippen LogP contribution < -0.4 is 5.73 Å². The van der Waals surface area contributed by atoms with Crippen molar-refractivity contribution in [3.05, 3.63) is 12.3 Å². The number of carbonyl (C=O) groups is 2. The molecule has 3 atom stereocenters. The molecule has 5 nitrogen and oxygen atoms in total. The number of nitrogens with zero attached hydrogens (tertiary/aromatic N) is 1. The fraction of sp³-hybridized carbons (Fsp3) is 0.500. The summed E-state index contributed by atoms with van der Waals surface area (Å²) in [5.41, 5.74) is 5.52. The highest BCUT2D eigenvalue weighted by Gasteiger charge is 2.47. The maximum absolute atomic E-state index is 11.1. The van der Waals surface area contributed by atoms with Gasteiger partial charge in [-0.05, 0) is 6.42 Å². The molecular formula is C8H10N2O3. The number of fused-ring (bicyclic) bond motifs is 1. The zero-order valence-corrected chi connectivity index (χ0v) is 6.88. The molecule has 13 heavy (non-hydrogen) atoms. The predicted octanol–water partition coefficient (Wildman–Crippen LogP) is -0.857. The summed E-state index contributed by atoms with van der Waals surface area (Å²) in [4.78, 5) is 23.2. The van der Waals surface area contributed by atoms with E-state index in [0.717, 1.165) is 0 Å².